The summed E-state index contributed by atoms with van der Waals surface area (Å²) in [5.74, 6) is -2.10. The van der Waals surface area contributed by atoms with E-state index in [9.17, 15) is 14.4 Å². The number of carboxylic acids is 1. The molecule has 2 aliphatic rings. The Morgan fingerprint density at radius 3 is 2.56 bits per heavy atom. The summed E-state index contributed by atoms with van der Waals surface area (Å²) in [5.41, 5.74) is 5.22. The van der Waals surface area contributed by atoms with E-state index in [4.69, 9.17) is 10.8 Å². The van der Waals surface area contributed by atoms with E-state index in [1.807, 2.05) is 0 Å². The van der Waals surface area contributed by atoms with Gasteiger partial charge in [0.05, 0.1) is 11.8 Å². The zero-order valence-corrected chi connectivity index (χ0v) is 10.2. The van der Waals surface area contributed by atoms with Crippen molar-refractivity contribution >= 4 is 17.8 Å². The van der Waals surface area contributed by atoms with Crippen molar-refractivity contribution in [2.24, 2.45) is 17.6 Å². The van der Waals surface area contributed by atoms with Crippen LogP contribution in [0.3, 0.4) is 0 Å². The molecule has 6 nitrogen and oxygen atoms in total. The molecule has 0 radical (unpaired) electrons. The lowest BCUT2D eigenvalue weighted by Crippen LogP contribution is -2.41. The highest BCUT2D eigenvalue weighted by atomic mass is 16.4. The standard InChI is InChI=1S/C12H18N2O4/c13-11(16)8-5-10(15)14(6-8)9-3-1-2-7(4-9)12(17)18/h7-9H,1-6H2,(H2,13,16)(H,17,18). The van der Waals surface area contributed by atoms with E-state index in [-0.39, 0.29) is 24.3 Å². The van der Waals surface area contributed by atoms with Gasteiger partial charge in [0, 0.05) is 19.0 Å². The average molecular weight is 254 g/mol. The number of rotatable bonds is 3. The first-order chi connectivity index (χ1) is 8.49. The van der Waals surface area contributed by atoms with Crippen molar-refractivity contribution in [3.63, 3.8) is 0 Å². The third-order valence-electron chi connectivity index (χ3n) is 4.00. The molecule has 1 heterocycles. The average Bonchev–Trinajstić information content (AvgIpc) is 2.72. The van der Waals surface area contributed by atoms with Gasteiger partial charge in [-0.3, -0.25) is 14.4 Å². The van der Waals surface area contributed by atoms with Crippen molar-refractivity contribution in [3.05, 3.63) is 0 Å². The number of amides is 2. The second-order valence-electron chi connectivity index (χ2n) is 5.21. The summed E-state index contributed by atoms with van der Waals surface area (Å²) in [6.07, 6.45) is 2.97. The van der Waals surface area contributed by atoms with Crippen LogP contribution in [0, 0.1) is 11.8 Å². The van der Waals surface area contributed by atoms with Crippen molar-refractivity contribution in [1.82, 2.24) is 4.90 Å². The van der Waals surface area contributed by atoms with E-state index in [0.717, 1.165) is 12.8 Å². The molecule has 1 aliphatic carbocycles. The van der Waals surface area contributed by atoms with Gasteiger partial charge in [0.2, 0.25) is 11.8 Å². The Hall–Kier alpha value is -1.59. The third-order valence-corrected chi connectivity index (χ3v) is 4.00. The van der Waals surface area contributed by atoms with Crippen LogP contribution in [0.1, 0.15) is 32.1 Å². The molecule has 1 saturated heterocycles. The summed E-state index contributed by atoms with van der Waals surface area (Å²) in [7, 11) is 0. The minimum atomic E-state index is -0.794. The molecule has 2 fully saturated rings. The molecular formula is C12H18N2O4. The predicted molar refractivity (Wildman–Crippen MR) is 62.4 cm³/mol. The topological polar surface area (TPSA) is 101 Å². The van der Waals surface area contributed by atoms with Gasteiger partial charge in [0.1, 0.15) is 0 Å². The fraction of sp³-hybridized carbons (Fsp3) is 0.750. The molecular weight excluding hydrogens is 236 g/mol. The lowest BCUT2D eigenvalue weighted by Gasteiger charge is -2.33. The molecule has 0 spiro atoms. The Labute approximate surface area is 105 Å². The van der Waals surface area contributed by atoms with Crippen molar-refractivity contribution in [3.8, 4) is 0 Å². The summed E-state index contributed by atoms with van der Waals surface area (Å²) in [6.45, 7) is 0.352. The van der Waals surface area contributed by atoms with Gasteiger partial charge in [0.15, 0.2) is 0 Å². The van der Waals surface area contributed by atoms with Crippen LogP contribution >= 0.6 is 0 Å². The van der Waals surface area contributed by atoms with Crippen LogP contribution in [0.2, 0.25) is 0 Å². The number of carbonyl (C=O) groups is 3. The van der Waals surface area contributed by atoms with E-state index in [2.05, 4.69) is 0 Å². The number of carboxylic acid groups (broad SMARTS) is 1. The highest BCUT2D eigenvalue weighted by Gasteiger charge is 2.39. The molecule has 0 bridgehead atoms. The summed E-state index contributed by atoms with van der Waals surface area (Å²) in [6, 6.07) is -0.0447. The molecule has 1 saturated carbocycles. The molecule has 0 aromatic rings. The van der Waals surface area contributed by atoms with Crippen molar-refractivity contribution in [2.75, 3.05) is 6.54 Å². The summed E-state index contributed by atoms with van der Waals surface area (Å²) in [4.78, 5) is 35.6. The van der Waals surface area contributed by atoms with Crippen LogP contribution < -0.4 is 5.73 Å². The minimum absolute atomic E-state index is 0.0447. The molecule has 2 amide bonds. The molecule has 6 heteroatoms. The van der Waals surface area contributed by atoms with Crippen LogP contribution in [-0.4, -0.2) is 40.4 Å². The quantitative estimate of drug-likeness (QED) is 0.738. The van der Waals surface area contributed by atoms with Crippen LogP contribution in [0.5, 0.6) is 0 Å². The molecule has 2 rings (SSSR count). The second kappa shape index (κ2) is 4.96. The van der Waals surface area contributed by atoms with Crippen molar-refractivity contribution in [1.29, 1.82) is 0 Å². The van der Waals surface area contributed by atoms with Gasteiger partial charge in [-0.2, -0.15) is 0 Å². The summed E-state index contributed by atoms with van der Waals surface area (Å²) >= 11 is 0. The first-order valence-corrected chi connectivity index (χ1v) is 6.30. The number of nitrogens with two attached hydrogens (primary N) is 1. The largest absolute Gasteiger partial charge is 0.481 e. The maximum absolute atomic E-state index is 11.8. The zero-order chi connectivity index (χ0) is 13.3. The molecule has 100 valence electrons. The summed E-state index contributed by atoms with van der Waals surface area (Å²) in [5, 5.41) is 9.03. The Kier molecular flexibility index (Phi) is 3.54. The van der Waals surface area contributed by atoms with Gasteiger partial charge >= 0.3 is 5.97 Å². The maximum Gasteiger partial charge on any atom is 0.306 e. The lowest BCUT2D eigenvalue weighted by molar-refractivity contribution is -0.145. The van der Waals surface area contributed by atoms with E-state index in [1.165, 1.54) is 0 Å². The predicted octanol–water partition coefficient (Wildman–Crippen LogP) is -0.0364. The van der Waals surface area contributed by atoms with Gasteiger partial charge in [-0.25, -0.2) is 0 Å². The van der Waals surface area contributed by atoms with Crippen molar-refractivity contribution in [2.45, 2.75) is 38.1 Å². The number of aliphatic carboxylic acids is 1. The molecule has 0 aromatic heterocycles. The van der Waals surface area contributed by atoms with E-state index in [0.29, 0.717) is 19.4 Å². The number of primary amides is 1. The van der Waals surface area contributed by atoms with Crippen LogP contribution in [0.15, 0.2) is 0 Å². The first kappa shape index (κ1) is 12.9. The number of hydrogen-bond acceptors (Lipinski definition) is 3. The Bertz CT molecular complexity index is 382. The monoisotopic (exact) mass is 254 g/mol. The van der Waals surface area contributed by atoms with Crippen LogP contribution in [0.25, 0.3) is 0 Å². The molecule has 18 heavy (non-hydrogen) atoms. The van der Waals surface area contributed by atoms with E-state index < -0.39 is 17.8 Å². The maximum atomic E-state index is 11.8. The molecule has 3 N–H and O–H groups in total. The van der Waals surface area contributed by atoms with Crippen LogP contribution in [-0.2, 0) is 14.4 Å². The minimum Gasteiger partial charge on any atom is -0.481 e. The molecule has 3 unspecified atom stereocenters. The molecule has 1 aliphatic heterocycles. The van der Waals surface area contributed by atoms with Gasteiger partial charge < -0.3 is 15.7 Å². The highest BCUT2D eigenvalue weighted by Crippen LogP contribution is 2.31. The Morgan fingerprint density at radius 2 is 2.00 bits per heavy atom. The van der Waals surface area contributed by atoms with Gasteiger partial charge in [-0.05, 0) is 19.3 Å². The summed E-state index contributed by atoms with van der Waals surface area (Å²) < 4.78 is 0. The fourth-order valence-corrected chi connectivity index (χ4v) is 2.95. The third kappa shape index (κ3) is 2.47. The number of carbonyl (C=O) groups excluding carboxylic acids is 2. The normalized spacial score (nSPS) is 32.6. The van der Waals surface area contributed by atoms with Gasteiger partial charge in [-0.15, -0.1) is 0 Å². The fourth-order valence-electron chi connectivity index (χ4n) is 2.95. The Balaban J connectivity index is 2.01. The number of hydrogen-bond donors (Lipinski definition) is 2. The first-order valence-electron chi connectivity index (χ1n) is 6.30. The molecule has 3 atom stereocenters. The van der Waals surface area contributed by atoms with Crippen LogP contribution in [0.4, 0.5) is 0 Å². The number of likely N-dealkylation sites (tertiary alicyclic amines) is 1. The highest BCUT2D eigenvalue weighted by molar-refractivity contribution is 5.88. The SMILES string of the molecule is NC(=O)C1CC(=O)N(C2CCCC(C(=O)O)C2)C1. The van der Waals surface area contributed by atoms with Crippen molar-refractivity contribution < 1.29 is 19.5 Å². The lowest BCUT2D eigenvalue weighted by atomic mass is 9.85. The second-order valence-corrected chi connectivity index (χ2v) is 5.21. The van der Waals surface area contributed by atoms with E-state index in [1.54, 1.807) is 4.90 Å². The van der Waals surface area contributed by atoms with E-state index >= 15 is 0 Å². The van der Waals surface area contributed by atoms with Gasteiger partial charge in [0.25, 0.3) is 0 Å². The zero-order valence-electron chi connectivity index (χ0n) is 10.2. The smallest absolute Gasteiger partial charge is 0.306 e. The number of nitrogens with zero attached hydrogens (tertiary/aromatic N) is 1. The Morgan fingerprint density at radius 1 is 1.28 bits per heavy atom. The van der Waals surface area contributed by atoms with Gasteiger partial charge in [-0.1, -0.05) is 6.42 Å². The molecule has 0 aromatic carbocycles.